The van der Waals surface area contributed by atoms with Crippen LogP contribution in [0.15, 0.2) is 67.3 Å². The molecule has 0 aliphatic heterocycles. The predicted molar refractivity (Wildman–Crippen MR) is 110 cm³/mol. The Bertz CT molecular complexity index is 1120. The Hall–Kier alpha value is -3.74. The van der Waals surface area contributed by atoms with E-state index in [1.165, 1.54) is 6.33 Å². The lowest BCUT2D eigenvalue weighted by atomic mass is 10.0. The van der Waals surface area contributed by atoms with E-state index < -0.39 is 0 Å². The van der Waals surface area contributed by atoms with Gasteiger partial charge in [0.1, 0.15) is 12.1 Å². The normalized spacial score (nSPS) is 10.8. The monoisotopic (exact) mass is 387 g/mol. The minimum Gasteiger partial charge on any atom is -0.497 e. The van der Waals surface area contributed by atoms with Gasteiger partial charge in [-0.1, -0.05) is 24.3 Å². The molecule has 7 nitrogen and oxygen atoms in total. The van der Waals surface area contributed by atoms with Gasteiger partial charge in [-0.2, -0.15) is 10.1 Å². The van der Waals surface area contributed by atoms with Crippen LogP contribution in [-0.2, 0) is 6.42 Å². The number of nitrogens with one attached hydrogen (secondary N) is 1. The van der Waals surface area contributed by atoms with Gasteiger partial charge in [0, 0.05) is 24.5 Å². The molecule has 7 heteroatoms. The highest BCUT2D eigenvalue weighted by molar-refractivity contribution is 5.94. The van der Waals surface area contributed by atoms with Crippen molar-refractivity contribution in [1.82, 2.24) is 24.9 Å². The van der Waals surface area contributed by atoms with E-state index in [9.17, 15) is 4.79 Å². The number of methoxy groups -OCH3 is 1. The highest BCUT2D eigenvalue weighted by atomic mass is 16.5. The first kappa shape index (κ1) is 18.6. The third kappa shape index (κ3) is 4.40. The fraction of sp³-hybridized carbons (Fsp3) is 0.182. The number of ether oxygens (including phenoxy) is 1. The Labute approximate surface area is 168 Å². The molecule has 0 radical (unpaired) electrons. The number of hydrogen-bond acceptors (Lipinski definition) is 5. The Kier molecular flexibility index (Phi) is 5.47. The second-order valence-electron chi connectivity index (χ2n) is 6.64. The average molecular weight is 387 g/mol. The van der Waals surface area contributed by atoms with Crippen molar-refractivity contribution in [2.24, 2.45) is 0 Å². The van der Waals surface area contributed by atoms with Crippen LogP contribution in [-0.4, -0.2) is 39.1 Å². The lowest BCUT2D eigenvalue weighted by molar-refractivity contribution is 0.0953. The summed E-state index contributed by atoms with van der Waals surface area (Å²) < 4.78 is 6.92. The number of hydrogen-bond donors (Lipinski definition) is 1. The number of rotatable bonds is 7. The molecule has 2 aromatic heterocycles. The summed E-state index contributed by atoms with van der Waals surface area (Å²) in [5, 5.41) is 7.05. The summed E-state index contributed by atoms with van der Waals surface area (Å²) in [5.41, 5.74) is 3.79. The van der Waals surface area contributed by atoms with Gasteiger partial charge in [-0.05, 0) is 53.8 Å². The maximum Gasteiger partial charge on any atom is 0.252 e. The summed E-state index contributed by atoms with van der Waals surface area (Å²) in [4.78, 5) is 20.6. The molecular weight excluding hydrogens is 366 g/mol. The maximum absolute atomic E-state index is 12.4. The molecule has 0 fully saturated rings. The number of benzene rings is 2. The zero-order chi connectivity index (χ0) is 20.1. The topological polar surface area (TPSA) is 81.4 Å². The average Bonchev–Trinajstić information content (AvgIpc) is 3.24. The SMILES string of the molecule is COc1cccc(-c2ccc(C(=O)NCCCc3cnc4ncnn4c3)cc2)c1. The van der Waals surface area contributed by atoms with E-state index >= 15 is 0 Å². The smallest absolute Gasteiger partial charge is 0.252 e. The molecule has 0 aliphatic carbocycles. The number of amides is 1. The number of carbonyl (C=O) groups is 1. The van der Waals surface area contributed by atoms with Crippen LogP contribution in [0.25, 0.3) is 16.9 Å². The first-order chi connectivity index (χ1) is 14.2. The second kappa shape index (κ2) is 8.52. The zero-order valence-electron chi connectivity index (χ0n) is 16.1. The van der Waals surface area contributed by atoms with Crippen LogP contribution >= 0.6 is 0 Å². The van der Waals surface area contributed by atoms with Crippen molar-refractivity contribution in [2.45, 2.75) is 12.8 Å². The Morgan fingerprint density at radius 3 is 2.79 bits per heavy atom. The molecule has 0 saturated carbocycles. The molecule has 0 bridgehead atoms. The van der Waals surface area contributed by atoms with Crippen LogP contribution in [0.5, 0.6) is 5.75 Å². The van der Waals surface area contributed by atoms with Gasteiger partial charge in [0.15, 0.2) is 0 Å². The number of nitrogens with zero attached hydrogens (tertiary/aromatic N) is 4. The van der Waals surface area contributed by atoms with E-state index in [0.717, 1.165) is 35.3 Å². The van der Waals surface area contributed by atoms with E-state index in [4.69, 9.17) is 4.74 Å². The van der Waals surface area contributed by atoms with E-state index in [1.807, 2.05) is 54.7 Å². The molecule has 1 amide bonds. The molecule has 2 heterocycles. The molecule has 0 spiro atoms. The summed E-state index contributed by atoms with van der Waals surface area (Å²) in [6.07, 6.45) is 6.80. The molecule has 146 valence electrons. The standard InChI is InChI=1S/C22H21N5O2/c1-29-20-6-2-5-19(12-20)17-7-9-18(10-8-17)21(28)23-11-3-4-16-13-24-22-25-15-26-27(22)14-16/h2,5-10,12-15H,3-4,11H2,1H3,(H,23,28). The van der Waals surface area contributed by atoms with E-state index in [2.05, 4.69) is 20.4 Å². The van der Waals surface area contributed by atoms with Crippen LogP contribution in [0, 0.1) is 0 Å². The fourth-order valence-electron chi connectivity index (χ4n) is 3.10. The van der Waals surface area contributed by atoms with Crippen molar-refractivity contribution in [2.75, 3.05) is 13.7 Å². The van der Waals surface area contributed by atoms with Crippen molar-refractivity contribution >= 4 is 11.7 Å². The van der Waals surface area contributed by atoms with Crippen LogP contribution in [0.4, 0.5) is 0 Å². The van der Waals surface area contributed by atoms with Gasteiger partial charge in [0.05, 0.1) is 7.11 Å². The lowest BCUT2D eigenvalue weighted by Crippen LogP contribution is -2.24. The largest absolute Gasteiger partial charge is 0.497 e. The number of fused-ring (bicyclic) bond motifs is 1. The van der Waals surface area contributed by atoms with Gasteiger partial charge in [-0.15, -0.1) is 0 Å². The van der Waals surface area contributed by atoms with Crippen molar-refractivity contribution < 1.29 is 9.53 Å². The molecule has 0 unspecified atom stereocenters. The quantitative estimate of drug-likeness (QED) is 0.493. The number of carbonyl (C=O) groups excluding carboxylic acids is 1. The van der Waals surface area contributed by atoms with E-state index in [1.54, 1.807) is 17.8 Å². The molecule has 1 N–H and O–H groups in total. The molecule has 0 aliphatic rings. The highest BCUT2D eigenvalue weighted by Gasteiger charge is 2.06. The van der Waals surface area contributed by atoms with Gasteiger partial charge in [-0.25, -0.2) is 9.50 Å². The minimum absolute atomic E-state index is 0.0768. The molecule has 0 saturated heterocycles. The molecular formula is C22H21N5O2. The van der Waals surface area contributed by atoms with Crippen LogP contribution in [0.1, 0.15) is 22.3 Å². The second-order valence-corrected chi connectivity index (χ2v) is 6.64. The molecule has 4 rings (SSSR count). The zero-order valence-corrected chi connectivity index (χ0v) is 16.1. The Morgan fingerprint density at radius 1 is 1.10 bits per heavy atom. The molecule has 29 heavy (non-hydrogen) atoms. The Balaban J connectivity index is 1.30. The summed E-state index contributed by atoms with van der Waals surface area (Å²) >= 11 is 0. The van der Waals surface area contributed by atoms with Gasteiger partial charge in [0.25, 0.3) is 11.7 Å². The van der Waals surface area contributed by atoms with Gasteiger partial charge < -0.3 is 10.1 Å². The van der Waals surface area contributed by atoms with Crippen LogP contribution < -0.4 is 10.1 Å². The third-order valence-corrected chi connectivity index (χ3v) is 4.67. The van der Waals surface area contributed by atoms with E-state index in [0.29, 0.717) is 17.9 Å². The number of aryl methyl sites for hydroxylation is 1. The maximum atomic E-state index is 12.4. The lowest BCUT2D eigenvalue weighted by Gasteiger charge is -2.08. The van der Waals surface area contributed by atoms with Crippen molar-refractivity contribution in [3.63, 3.8) is 0 Å². The highest BCUT2D eigenvalue weighted by Crippen LogP contribution is 2.24. The van der Waals surface area contributed by atoms with Crippen LogP contribution in [0.2, 0.25) is 0 Å². The van der Waals surface area contributed by atoms with Crippen molar-refractivity contribution in [1.29, 1.82) is 0 Å². The van der Waals surface area contributed by atoms with Crippen molar-refractivity contribution in [3.8, 4) is 16.9 Å². The fourth-order valence-corrected chi connectivity index (χ4v) is 3.10. The summed E-state index contributed by atoms with van der Waals surface area (Å²) in [6, 6.07) is 15.4. The first-order valence-corrected chi connectivity index (χ1v) is 9.40. The number of aromatic nitrogens is 4. The van der Waals surface area contributed by atoms with E-state index in [-0.39, 0.29) is 5.91 Å². The Morgan fingerprint density at radius 2 is 1.97 bits per heavy atom. The summed E-state index contributed by atoms with van der Waals surface area (Å²) in [7, 11) is 1.65. The molecule has 2 aromatic carbocycles. The summed E-state index contributed by atoms with van der Waals surface area (Å²) in [6.45, 7) is 0.589. The van der Waals surface area contributed by atoms with Gasteiger partial charge in [0.2, 0.25) is 0 Å². The summed E-state index contributed by atoms with van der Waals surface area (Å²) in [5.74, 6) is 1.31. The molecule has 0 atom stereocenters. The van der Waals surface area contributed by atoms with Gasteiger partial charge in [-0.3, -0.25) is 4.79 Å². The predicted octanol–water partition coefficient (Wildman–Crippen LogP) is 3.16. The van der Waals surface area contributed by atoms with Crippen molar-refractivity contribution in [3.05, 3.63) is 78.4 Å². The molecule has 4 aromatic rings. The van der Waals surface area contributed by atoms with Gasteiger partial charge >= 0.3 is 0 Å². The third-order valence-electron chi connectivity index (χ3n) is 4.67. The minimum atomic E-state index is -0.0768. The first-order valence-electron chi connectivity index (χ1n) is 9.40. The van der Waals surface area contributed by atoms with Crippen LogP contribution in [0.3, 0.4) is 0 Å².